The molecule has 1 atom stereocenters. The molecule has 0 amide bonds. The van der Waals surface area contributed by atoms with Gasteiger partial charge in [-0.3, -0.25) is 9.28 Å². The number of aliphatic hydroxyl groups is 1. The number of carbonyl (C=O) groups is 2. The van der Waals surface area contributed by atoms with E-state index in [2.05, 4.69) is 0 Å². The summed E-state index contributed by atoms with van der Waals surface area (Å²) in [5.41, 5.74) is -1.78. The Bertz CT molecular complexity index is 1030. The maximum Gasteiger partial charge on any atom is 0.353 e. The highest BCUT2D eigenvalue weighted by atomic mass is 32.1. The van der Waals surface area contributed by atoms with E-state index in [0.717, 1.165) is 50.2 Å². The summed E-state index contributed by atoms with van der Waals surface area (Å²) in [6.45, 7) is 2.75. The van der Waals surface area contributed by atoms with Crippen LogP contribution in [-0.4, -0.2) is 47.2 Å². The van der Waals surface area contributed by atoms with Crippen LogP contribution in [-0.2, 0) is 15.1 Å². The lowest BCUT2D eigenvalue weighted by Crippen LogP contribution is -2.66. The molecule has 3 aliphatic rings. The first-order valence-corrected chi connectivity index (χ1v) is 14.1. The van der Waals surface area contributed by atoms with Gasteiger partial charge in [0, 0.05) is 32.1 Å². The van der Waals surface area contributed by atoms with Gasteiger partial charge < -0.3 is 9.84 Å². The number of Topliss-reactive ketones (excluding diaryl/α,β-unsaturated/α-hetero) is 1. The van der Waals surface area contributed by atoms with E-state index >= 15 is 0 Å². The Morgan fingerprint density at radius 2 is 1.64 bits per heavy atom. The molecule has 0 saturated carbocycles. The van der Waals surface area contributed by atoms with Gasteiger partial charge in [0.25, 0.3) is 0 Å². The highest BCUT2D eigenvalue weighted by molar-refractivity contribution is 7.12. The zero-order valence-corrected chi connectivity index (χ0v) is 20.8. The molecule has 2 bridgehead atoms. The number of hydrogen-bond donors (Lipinski definition) is 1. The third-order valence-corrected chi connectivity index (χ3v) is 10.1. The van der Waals surface area contributed by atoms with Crippen molar-refractivity contribution in [1.29, 1.82) is 0 Å². The van der Waals surface area contributed by atoms with Gasteiger partial charge >= 0.3 is 5.97 Å². The third-order valence-electron chi connectivity index (χ3n) is 7.21. The van der Waals surface area contributed by atoms with Crippen molar-refractivity contribution in [3.05, 3.63) is 67.2 Å². The minimum Gasteiger partial charge on any atom is -0.410 e. The van der Waals surface area contributed by atoms with E-state index in [1.807, 2.05) is 40.4 Å². The molecule has 3 aliphatic heterocycles. The fourth-order valence-corrected chi connectivity index (χ4v) is 7.72. The van der Waals surface area contributed by atoms with Gasteiger partial charge in [-0.25, -0.2) is 4.79 Å². The fourth-order valence-electron chi connectivity index (χ4n) is 5.31. The average Bonchev–Trinajstić information content (AvgIpc) is 3.63. The van der Waals surface area contributed by atoms with Crippen molar-refractivity contribution in [2.75, 3.05) is 19.6 Å². The lowest BCUT2D eigenvalue weighted by Gasteiger charge is -2.53. The first kappa shape index (κ1) is 22.9. The molecular weight excluding hydrogens is 474 g/mol. The Morgan fingerprint density at radius 1 is 1.00 bits per heavy atom. The molecule has 6 rings (SSSR count). The van der Waals surface area contributed by atoms with Gasteiger partial charge in [-0.15, -0.1) is 34.0 Å². The number of quaternary nitrogens is 1. The summed E-state index contributed by atoms with van der Waals surface area (Å²) in [5.74, 6) is 0.164. The predicted molar refractivity (Wildman–Crippen MR) is 132 cm³/mol. The molecular formula is C25H28NO4S3+. The van der Waals surface area contributed by atoms with Gasteiger partial charge in [0.15, 0.2) is 5.78 Å². The lowest BCUT2D eigenvalue weighted by molar-refractivity contribution is -0.984. The Balaban J connectivity index is 1.32. The molecule has 3 saturated heterocycles. The van der Waals surface area contributed by atoms with Crippen molar-refractivity contribution in [3.63, 3.8) is 0 Å². The van der Waals surface area contributed by atoms with Crippen LogP contribution in [0.2, 0.25) is 0 Å². The SMILES string of the molecule is O=C(CCC[N+]12CCC(CC1)C[C@H]2OC(=O)C(O)(c1cccs1)c1cccs1)c1cccs1. The molecule has 1 N–H and O–H groups in total. The summed E-state index contributed by atoms with van der Waals surface area (Å²) in [4.78, 5) is 28.0. The second-order valence-electron chi connectivity index (χ2n) is 9.10. The van der Waals surface area contributed by atoms with Crippen molar-refractivity contribution in [1.82, 2.24) is 0 Å². The van der Waals surface area contributed by atoms with Crippen LogP contribution in [0, 0.1) is 5.92 Å². The molecule has 0 aromatic carbocycles. The maximum atomic E-state index is 13.6. The van der Waals surface area contributed by atoms with E-state index in [1.54, 1.807) is 12.1 Å². The minimum absolute atomic E-state index is 0.188. The predicted octanol–water partition coefficient (Wildman–Crippen LogP) is 5.27. The summed E-state index contributed by atoms with van der Waals surface area (Å²) in [6, 6.07) is 11.1. The number of ketones is 1. The van der Waals surface area contributed by atoms with Crippen LogP contribution in [0.1, 0.15) is 51.5 Å². The van der Waals surface area contributed by atoms with E-state index in [0.29, 0.717) is 26.6 Å². The van der Waals surface area contributed by atoms with Crippen molar-refractivity contribution >= 4 is 45.8 Å². The summed E-state index contributed by atoms with van der Waals surface area (Å²) in [7, 11) is 0. The van der Waals surface area contributed by atoms with E-state index in [9.17, 15) is 14.7 Å². The molecule has 6 heterocycles. The molecule has 0 radical (unpaired) electrons. The number of carbonyl (C=O) groups excluding carboxylic acids is 2. The number of thiophene rings is 3. The van der Waals surface area contributed by atoms with Crippen molar-refractivity contribution in [3.8, 4) is 0 Å². The lowest BCUT2D eigenvalue weighted by atomic mass is 9.84. The van der Waals surface area contributed by atoms with E-state index in [1.165, 1.54) is 34.0 Å². The van der Waals surface area contributed by atoms with Crippen LogP contribution in [0.4, 0.5) is 0 Å². The maximum absolute atomic E-state index is 13.6. The monoisotopic (exact) mass is 502 g/mol. The second-order valence-corrected chi connectivity index (χ2v) is 11.9. The smallest absolute Gasteiger partial charge is 0.353 e. The Labute approximate surface area is 205 Å². The Hall–Kier alpha value is -1.84. The van der Waals surface area contributed by atoms with Gasteiger partial charge in [-0.2, -0.15) is 0 Å². The van der Waals surface area contributed by atoms with E-state index < -0.39 is 11.6 Å². The number of fused-ring (bicyclic) bond motifs is 3. The van der Waals surface area contributed by atoms with E-state index in [4.69, 9.17) is 4.74 Å². The van der Waals surface area contributed by atoms with Crippen molar-refractivity contribution in [2.24, 2.45) is 5.92 Å². The zero-order chi connectivity index (χ0) is 22.9. The van der Waals surface area contributed by atoms with Crippen LogP contribution in [0.15, 0.2) is 52.5 Å². The second kappa shape index (κ2) is 9.43. The van der Waals surface area contributed by atoms with Gasteiger partial charge in [-0.1, -0.05) is 18.2 Å². The van der Waals surface area contributed by atoms with Crippen LogP contribution < -0.4 is 0 Å². The van der Waals surface area contributed by atoms with Gasteiger partial charge in [0.05, 0.1) is 34.3 Å². The first-order chi connectivity index (χ1) is 16.0. The normalized spacial score (nSPS) is 24.6. The summed E-state index contributed by atoms with van der Waals surface area (Å²) in [5, 5.41) is 17.3. The molecule has 5 nitrogen and oxygen atoms in total. The molecule has 3 fully saturated rings. The molecule has 0 aliphatic carbocycles. The molecule has 3 aromatic rings. The summed E-state index contributed by atoms with van der Waals surface area (Å²) < 4.78 is 6.90. The van der Waals surface area contributed by atoms with Gasteiger partial charge in [0.2, 0.25) is 11.8 Å². The zero-order valence-electron chi connectivity index (χ0n) is 18.4. The van der Waals surface area contributed by atoms with Crippen LogP contribution in [0.5, 0.6) is 0 Å². The van der Waals surface area contributed by atoms with Crippen molar-refractivity contribution in [2.45, 2.75) is 43.9 Å². The Morgan fingerprint density at radius 3 is 2.21 bits per heavy atom. The van der Waals surface area contributed by atoms with Crippen LogP contribution in [0.3, 0.4) is 0 Å². The minimum atomic E-state index is -1.78. The Kier molecular flexibility index (Phi) is 6.55. The molecule has 33 heavy (non-hydrogen) atoms. The highest BCUT2D eigenvalue weighted by Gasteiger charge is 2.52. The molecule has 0 spiro atoms. The van der Waals surface area contributed by atoms with Gasteiger partial charge in [-0.05, 0) is 40.3 Å². The quantitative estimate of drug-likeness (QED) is 0.246. The van der Waals surface area contributed by atoms with E-state index in [-0.39, 0.29) is 12.0 Å². The number of esters is 1. The largest absolute Gasteiger partial charge is 0.410 e. The van der Waals surface area contributed by atoms with Crippen LogP contribution >= 0.6 is 34.0 Å². The van der Waals surface area contributed by atoms with Crippen LogP contribution in [0.25, 0.3) is 0 Å². The fraction of sp³-hybridized carbons (Fsp3) is 0.440. The first-order valence-electron chi connectivity index (χ1n) is 11.5. The molecule has 3 aromatic heterocycles. The third kappa shape index (κ3) is 4.35. The number of ether oxygens (including phenoxy) is 1. The number of piperidine rings is 3. The topological polar surface area (TPSA) is 63.6 Å². The average molecular weight is 503 g/mol. The summed E-state index contributed by atoms with van der Waals surface area (Å²) >= 11 is 4.21. The number of rotatable bonds is 9. The summed E-state index contributed by atoms with van der Waals surface area (Å²) in [6.07, 6.45) is 4.11. The number of nitrogens with zero attached hydrogens (tertiary/aromatic N) is 1. The van der Waals surface area contributed by atoms with Gasteiger partial charge in [0.1, 0.15) is 0 Å². The molecule has 174 valence electrons. The van der Waals surface area contributed by atoms with Crippen molar-refractivity contribution < 1.29 is 23.9 Å². The number of hydrogen-bond acceptors (Lipinski definition) is 7. The highest BCUT2D eigenvalue weighted by Crippen LogP contribution is 2.42. The molecule has 8 heteroatoms. The molecule has 0 unspecified atom stereocenters. The standard InChI is InChI=1S/C25H28NO4S3/c27-19(20-6-2-14-31-20)5-1-11-26-12-9-18(10-13-26)17-23(26)30-24(28)25(29,21-7-3-15-32-21)22-8-4-16-33-22/h2-4,6-8,14-16,18,23,29H,1,5,9-13,17H2/q+1/t18?,23-,26?/m1/s1.